The number of anilines is 1. The highest BCUT2D eigenvalue weighted by Crippen LogP contribution is 2.19. The van der Waals surface area contributed by atoms with Gasteiger partial charge in [-0.3, -0.25) is 9.59 Å². The second-order valence-corrected chi connectivity index (χ2v) is 7.47. The highest BCUT2D eigenvalue weighted by atomic mass is 35.5. The second-order valence-electron chi connectivity index (χ2n) is 7.08. The fourth-order valence-electron chi connectivity index (χ4n) is 3.19. The minimum Gasteiger partial charge on any atom is -0.363 e. The lowest BCUT2D eigenvalue weighted by molar-refractivity contribution is -0.131. The molecule has 2 aromatic rings. The molecule has 0 spiro atoms. The van der Waals surface area contributed by atoms with Crippen LogP contribution in [0.25, 0.3) is 0 Å². The van der Waals surface area contributed by atoms with Crippen LogP contribution >= 0.6 is 11.6 Å². The number of hydrogen-bond donors (Lipinski definition) is 0. The van der Waals surface area contributed by atoms with Gasteiger partial charge < -0.3 is 19.2 Å². The lowest BCUT2D eigenvalue weighted by Crippen LogP contribution is -2.51. The van der Waals surface area contributed by atoms with Crippen LogP contribution in [0.3, 0.4) is 0 Å². The van der Waals surface area contributed by atoms with Crippen molar-refractivity contribution in [3.8, 4) is 0 Å². The number of aryl methyl sites for hydroxylation is 2. The van der Waals surface area contributed by atoms with Crippen molar-refractivity contribution in [2.24, 2.45) is 0 Å². The van der Waals surface area contributed by atoms with Gasteiger partial charge in [-0.25, -0.2) is 4.98 Å². The van der Waals surface area contributed by atoms with Gasteiger partial charge in [0.15, 0.2) is 0 Å². The molecule has 9 heteroatoms. The zero-order chi connectivity index (χ0) is 20.4. The second kappa shape index (κ2) is 8.18. The zero-order valence-corrected chi connectivity index (χ0v) is 17.3. The summed E-state index contributed by atoms with van der Waals surface area (Å²) in [6.07, 6.45) is 0.265. The largest absolute Gasteiger partial charge is 0.363 e. The van der Waals surface area contributed by atoms with E-state index in [0.29, 0.717) is 43.3 Å². The van der Waals surface area contributed by atoms with Gasteiger partial charge in [-0.1, -0.05) is 16.8 Å². The number of nitrogens with zero attached hydrogens (tertiary/aromatic N) is 5. The van der Waals surface area contributed by atoms with Crippen LogP contribution in [0.15, 0.2) is 16.7 Å². The Kier molecular flexibility index (Phi) is 5.88. The van der Waals surface area contributed by atoms with Crippen LogP contribution < -0.4 is 4.90 Å². The molecule has 2 aromatic heterocycles. The number of carbonyl (C=O) groups is 2. The molecular weight excluding hydrogens is 382 g/mol. The molecule has 1 aliphatic rings. The summed E-state index contributed by atoms with van der Waals surface area (Å²) in [7, 11) is 3.69. The Balaban J connectivity index is 1.62. The molecule has 1 fully saturated rings. The van der Waals surface area contributed by atoms with Crippen molar-refractivity contribution in [2.75, 3.05) is 45.2 Å². The summed E-state index contributed by atoms with van der Waals surface area (Å²) in [6.45, 7) is 5.58. The maximum atomic E-state index is 12.8. The van der Waals surface area contributed by atoms with E-state index in [1.807, 2.05) is 21.0 Å². The maximum Gasteiger partial charge on any atom is 0.254 e. The van der Waals surface area contributed by atoms with Gasteiger partial charge in [0.1, 0.15) is 16.7 Å². The molecule has 2 amide bonds. The maximum absolute atomic E-state index is 12.8. The number of pyridine rings is 1. The predicted molar refractivity (Wildman–Crippen MR) is 106 cm³/mol. The number of aromatic nitrogens is 2. The van der Waals surface area contributed by atoms with E-state index >= 15 is 0 Å². The van der Waals surface area contributed by atoms with E-state index in [4.69, 9.17) is 16.1 Å². The Morgan fingerprint density at radius 3 is 2.36 bits per heavy atom. The van der Waals surface area contributed by atoms with E-state index in [1.54, 1.807) is 33.8 Å². The van der Waals surface area contributed by atoms with E-state index in [9.17, 15) is 9.59 Å². The summed E-state index contributed by atoms with van der Waals surface area (Å²) in [5, 5.41) is 4.17. The highest BCUT2D eigenvalue weighted by Gasteiger charge is 2.26. The number of carbonyl (C=O) groups excluding carboxylic acids is 2. The average molecular weight is 406 g/mol. The Labute approximate surface area is 169 Å². The molecule has 3 heterocycles. The topological polar surface area (TPSA) is 82.8 Å². The molecule has 0 aliphatic carbocycles. The molecule has 150 valence electrons. The summed E-state index contributed by atoms with van der Waals surface area (Å²) in [5.74, 6) is 1.21. The van der Waals surface area contributed by atoms with E-state index in [-0.39, 0.29) is 23.4 Å². The quantitative estimate of drug-likeness (QED) is 0.723. The minimum atomic E-state index is -0.106. The van der Waals surface area contributed by atoms with Crippen LogP contribution in [0.1, 0.15) is 27.4 Å². The molecule has 0 radical (unpaired) electrons. The van der Waals surface area contributed by atoms with E-state index in [1.165, 1.54) is 0 Å². The SMILES string of the molecule is Cc1noc(C)c1CC(=O)N1CCN(C(=O)c2cc(Cl)nc(N(C)C)c2)CC1. The predicted octanol–water partition coefficient (Wildman–Crippen LogP) is 1.93. The van der Waals surface area contributed by atoms with Crippen LogP contribution in [0.5, 0.6) is 0 Å². The van der Waals surface area contributed by atoms with Crippen molar-refractivity contribution >= 4 is 29.2 Å². The summed E-state index contributed by atoms with van der Waals surface area (Å²) < 4.78 is 5.12. The molecule has 8 nitrogen and oxygen atoms in total. The highest BCUT2D eigenvalue weighted by molar-refractivity contribution is 6.29. The molecule has 0 N–H and O–H groups in total. The first-order chi connectivity index (χ1) is 13.3. The standard InChI is InChI=1S/C19H24ClN5O3/c1-12-15(13(2)28-22-12)11-18(26)24-5-7-25(8-6-24)19(27)14-9-16(20)21-17(10-14)23(3)4/h9-10H,5-8,11H2,1-4H3. The third-order valence-corrected chi connectivity index (χ3v) is 5.11. The van der Waals surface area contributed by atoms with Crippen LogP contribution in [0, 0.1) is 13.8 Å². The van der Waals surface area contributed by atoms with Crippen LogP contribution in [-0.4, -0.2) is 72.0 Å². The number of rotatable bonds is 4. The van der Waals surface area contributed by atoms with Gasteiger partial charge in [-0.2, -0.15) is 0 Å². The zero-order valence-electron chi connectivity index (χ0n) is 16.5. The molecular formula is C19H24ClN5O3. The van der Waals surface area contributed by atoms with Crippen molar-refractivity contribution < 1.29 is 14.1 Å². The monoisotopic (exact) mass is 405 g/mol. The molecule has 0 saturated carbocycles. The molecule has 28 heavy (non-hydrogen) atoms. The van der Waals surface area contributed by atoms with Gasteiger partial charge in [0.25, 0.3) is 5.91 Å². The van der Waals surface area contributed by atoms with Crippen LogP contribution in [0.2, 0.25) is 5.15 Å². The smallest absolute Gasteiger partial charge is 0.254 e. The van der Waals surface area contributed by atoms with Gasteiger partial charge in [0.05, 0.1) is 12.1 Å². The normalized spacial score (nSPS) is 14.3. The average Bonchev–Trinajstić information content (AvgIpc) is 2.99. The Morgan fingerprint density at radius 1 is 1.14 bits per heavy atom. The van der Waals surface area contributed by atoms with Crippen LogP contribution in [0.4, 0.5) is 5.82 Å². The van der Waals surface area contributed by atoms with Crippen molar-refractivity contribution in [2.45, 2.75) is 20.3 Å². The van der Waals surface area contributed by atoms with E-state index in [0.717, 1.165) is 11.3 Å². The summed E-state index contributed by atoms with van der Waals surface area (Å²) >= 11 is 6.06. The molecule has 0 atom stereocenters. The van der Waals surface area contributed by atoms with E-state index in [2.05, 4.69) is 10.1 Å². The van der Waals surface area contributed by atoms with Crippen molar-refractivity contribution in [1.82, 2.24) is 19.9 Å². The summed E-state index contributed by atoms with van der Waals surface area (Å²) in [6, 6.07) is 3.30. The first kappa shape index (κ1) is 20.1. The lowest BCUT2D eigenvalue weighted by atomic mass is 10.1. The van der Waals surface area contributed by atoms with Crippen molar-refractivity contribution in [3.05, 3.63) is 39.9 Å². The molecule has 3 rings (SSSR count). The minimum absolute atomic E-state index is 0.0170. The van der Waals surface area contributed by atoms with Gasteiger partial charge in [-0.15, -0.1) is 0 Å². The van der Waals surface area contributed by atoms with Gasteiger partial charge in [-0.05, 0) is 26.0 Å². The number of piperazine rings is 1. The van der Waals surface area contributed by atoms with Crippen molar-refractivity contribution in [3.63, 3.8) is 0 Å². The Morgan fingerprint density at radius 2 is 1.79 bits per heavy atom. The lowest BCUT2D eigenvalue weighted by Gasteiger charge is -2.35. The third kappa shape index (κ3) is 4.27. The molecule has 0 unspecified atom stereocenters. The first-order valence-corrected chi connectivity index (χ1v) is 9.47. The van der Waals surface area contributed by atoms with Gasteiger partial charge >= 0.3 is 0 Å². The molecule has 1 saturated heterocycles. The fraction of sp³-hybridized carbons (Fsp3) is 0.474. The summed E-state index contributed by atoms with van der Waals surface area (Å²) in [5.41, 5.74) is 2.08. The molecule has 0 aromatic carbocycles. The first-order valence-electron chi connectivity index (χ1n) is 9.10. The number of amides is 2. The van der Waals surface area contributed by atoms with Crippen molar-refractivity contribution in [1.29, 1.82) is 0 Å². The summed E-state index contributed by atoms with van der Waals surface area (Å²) in [4.78, 5) is 35.0. The molecule has 0 bridgehead atoms. The molecule has 1 aliphatic heterocycles. The van der Waals surface area contributed by atoms with Crippen LogP contribution in [-0.2, 0) is 11.2 Å². The number of hydrogen-bond acceptors (Lipinski definition) is 6. The third-order valence-electron chi connectivity index (χ3n) is 4.91. The number of halogens is 1. The van der Waals surface area contributed by atoms with Gasteiger partial charge in [0.2, 0.25) is 5.91 Å². The fourth-order valence-corrected chi connectivity index (χ4v) is 3.40. The van der Waals surface area contributed by atoms with E-state index < -0.39 is 0 Å². The van der Waals surface area contributed by atoms with Gasteiger partial charge in [0, 0.05) is 51.4 Å². The Bertz CT molecular complexity index is 868. The Hall–Kier alpha value is -2.61.